The molecule has 1 N–H and O–H groups in total. The molecule has 1 fully saturated rings. The number of nitrogens with one attached hydrogen (secondary N) is 1. The standard InChI is InChI=1S/C19H21ClN6O/c1-25-12-14(20)18(24-25)19(27)22-9-13-5-4-8-26(11-13)17-10-21-15-6-2-3-7-16(15)23-17/h2-3,6-7,10,12-13H,4-5,8-9,11H2,1H3,(H,22,27). The molecular formula is C19H21ClN6O. The van der Waals surface area contributed by atoms with E-state index in [9.17, 15) is 4.79 Å². The lowest BCUT2D eigenvalue weighted by molar-refractivity contribution is 0.0940. The molecule has 1 aromatic carbocycles. The Labute approximate surface area is 162 Å². The number of halogens is 1. The van der Waals surface area contributed by atoms with Crippen LogP contribution in [0.25, 0.3) is 11.0 Å². The Morgan fingerprint density at radius 2 is 2.15 bits per heavy atom. The topological polar surface area (TPSA) is 75.9 Å². The smallest absolute Gasteiger partial charge is 0.273 e. The van der Waals surface area contributed by atoms with E-state index in [1.54, 1.807) is 13.2 Å². The van der Waals surface area contributed by atoms with Gasteiger partial charge in [-0.2, -0.15) is 5.10 Å². The number of amides is 1. The molecule has 140 valence electrons. The van der Waals surface area contributed by atoms with Crippen LogP contribution in [0.1, 0.15) is 23.3 Å². The second kappa shape index (κ2) is 7.52. The summed E-state index contributed by atoms with van der Waals surface area (Å²) in [6, 6.07) is 7.87. The van der Waals surface area contributed by atoms with Gasteiger partial charge in [-0.1, -0.05) is 23.7 Å². The number of rotatable bonds is 4. The fraction of sp³-hybridized carbons (Fsp3) is 0.368. The molecule has 2 aromatic heterocycles. The third-order valence-corrected chi connectivity index (χ3v) is 5.11. The van der Waals surface area contributed by atoms with Crippen molar-refractivity contribution >= 4 is 34.4 Å². The summed E-state index contributed by atoms with van der Waals surface area (Å²) in [7, 11) is 1.74. The molecular weight excluding hydrogens is 364 g/mol. The van der Waals surface area contributed by atoms with Crippen molar-refractivity contribution < 1.29 is 4.79 Å². The fourth-order valence-corrected chi connectivity index (χ4v) is 3.74. The van der Waals surface area contributed by atoms with Gasteiger partial charge < -0.3 is 10.2 Å². The highest BCUT2D eigenvalue weighted by Crippen LogP contribution is 2.22. The number of carbonyl (C=O) groups is 1. The van der Waals surface area contributed by atoms with Crippen molar-refractivity contribution in [3.05, 3.63) is 47.4 Å². The lowest BCUT2D eigenvalue weighted by atomic mass is 9.98. The molecule has 1 amide bonds. The quantitative estimate of drug-likeness (QED) is 0.748. The third kappa shape index (κ3) is 3.88. The van der Waals surface area contributed by atoms with Crippen molar-refractivity contribution in [3.63, 3.8) is 0 Å². The van der Waals surface area contributed by atoms with Gasteiger partial charge in [-0.15, -0.1) is 0 Å². The van der Waals surface area contributed by atoms with Crippen LogP contribution in [-0.2, 0) is 7.05 Å². The second-order valence-corrected chi connectivity index (χ2v) is 7.29. The SMILES string of the molecule is Cn1cc(Cl)c(C(=O)NCC2CCCN(c3cnc4ccccc4n3)C2)n1. The molecule has 1 atom stereocenters. The number of piperidine rings is 1. The van der Waals surface area contributed by atoms with E-state index in [0.717, 1.165) is 42.8 Å². The first-order valence-corrected chi connectivity index (χ1v) is 9.42. The summed E-state index contributed by atoms with van der Waals surface area (Å²) < 4.78 is 1.54. The number of hydrogen-bond donors (Lipinski definition) is 1. The van der Waals surface area contributed by atoms with E-state index < -0.39 is 0 Å². The molecule has 1 unspecified atom stereocenters. The number of benzene rings is 1. The Morgan fingerprint density at radius 1 is 1.33 bits per heavy atom. The number of carbonyl (C=O) groups excluding carboxylic acids is 1. The maximum Gasteiger partial charge on any atom is 0.273 e. The van der Waals surface area contributed by atoms with Gasteiger partial charge >= 0.3 is 0 Å². The normalized spacial score (nSPS) is 17.3. The van der Waals surface area contributed by atoms with E-state index in [0.29, 0.717) is 17.5 Å². The minimum absolute atomic E-state index is 0.233. The van der Waals surface area contributed by atoms with E-state index in [4.69, 9.17) is 16.6 Å². The molecule has 1 aliphatic rings. The highest BCUT2D eigenvalue weighted by atomic mass is 35.5. The lowest BCUT2D eigenvalue weighted by Gasteiger charge is -2.33. The Balaban J connectivity index is 1.40. The minimum Gasteiger partial charge on any atom is -0.355 e. The van der Waals surface area contributed by atoms with Crippen LogP contribution in [0.15, 0.2) is 36.7 Å². The molecule has 27 heavy (non-hydrogen) atoms. The number of hydrogen-bond acceptors (Lipinski definition) is 5. The second-order valence-electron chi connectivity index (χ2n) is 6.88. The van der Waals surface area contributed by atoms with Crippen molar-refractivity contribution in [3.8, 4) is 0 Å². The Hall–Kier alpha value is -2.67. The van der Waals surface area contributed by atoms with Crippen molar-refractivity contribution in [2.24, 2.45) is 13.0 Å². The summed E-state index contributed by atoms with van der Waals surface area (Å²) in [4.78, 5) is 23.8. The lowest BCUT2D eigenvalue weighted by Crippen LogP contribution is -2.41. The predicted octanol–water partition coefficient (Wildman–Crippen LogP) is 2.66. The fourth-order valence-electron chi connectivity index (χ4n) is 3.47. The number of fused-ring (bicyclic) bond motifs is 1. The molecule has 7 nitrogen and oxygen atoms in total. The summed E-state index contributed by atoms with van der Waals surface area (Å²) in [5.41, 5.74) is 2.07. The van der Waals surface area contributed by atoms with E-state index in [1.165, 1.54) is 4.68 Å². The summed E-state index contributed by atoms with van der Waals surface area (Å²) >= 11 is 6.04. The first-order chi connectivity index (χ1) is 13.1. The van der Waals surface area contributed by atoms with E-state index in [1.807, 2.05) is 30.5 Å². The van der Waals surface area contributed by atoms with Crippen molar-refractivity contribution in [2.75, 3.05) is 24.5 Å². The molecule has 1 aliphatic heterocycles. The van der Waals surface area contributed by atoms with Gasteiger partial charge in [0.15, 0.2) is 5.69 Å². The summed E-state index contributed by atoms with van der Waals surface area (Å²) in [6.07, 6.45) is 5.57. The third-order valence-electron chi connectivity index (χ3n) is 4.83. The molecule has 0 radical (unpaired) electrons. The van der Waals surface area contributed by atoms with E-state index >= 15 is 0 Å². The van der Waals surface area contributed by atoms with Gasteiger partial charge in [0.2, 0.25) is 0 Å². The minimum atomic E-state index is -0.233. The molecule has 0 aliphatic carbocycles. The van der Waals surface area contributed by atoms with Crippen LogP contribution in [0, 0.1) is 5.92 Å². The molecule has 0 bridgehead atoms. The van der Waals surface area contributed by atoms with Crippen molar-refractivity contribution in [2.45, 2.75) is 12.8 Å². The average Bonchev–Trinajstić information content (AvgIpc) is 3.04. The number of nitrogens with zero attached hydrogens (tertiary/aromatic N) is 5. The number of aryl methyl sites for hydroxylation is 1. The van der Waals surface area contributed by atoms with Gasteiger partial charge in [0.05, 0.1) is 22.3 Å². The summed E-state index contributed by atoms with van der Waals surface area (Å²) in [6.45, 7) is 2.37. The first-order valence-electron chi connectivity index (χ1n) is 9.04. The Morgan fingerprint density at radius 3 is 2.93 bits per heavy atom. The molecule has 3 heterocycles. The average molecular weight is 385 g/mol. The van der Waals surface area contributed by atoms with Gasteiger partial charge in [-0.25, -0.2) is 4.98 Å². The van der Waals surface area contributed by atoms with Crippen LogP contribution in [0.2, 0.25) is 5.02 Å². The highest BCUT2D eigenvalue weighted by Gasteiger charge is 2.23. The number of para-hydroxylation sites is 2. The van der Waals surface area contributed by atoms with Crippen LogP contribution in [0.3, 0.4) is 0 Å². The Kier molecular flexibility index (Phi) is 4.94. The Bertz CT molecular complexity index is 972. The van der Waals surface area contributed by atoms with E-state index in [-0.39, 0.29) is 11.6 Å². The van der Waals surface area contributed by atoms with Gasteiger partial charge in [0.25, 0.3) is 5.91 Å². The van der Waals surface area contributed by atoms with Gasteiger partial charge in [0, 0.05) is 32.9 Å². The molecule has 0 saturated carbocycles. The van der Waals surface area contributed by atoms with Crippen LogP contribution >= 0.6 is 11.6 Å². The largest absolute Gasteiger partial charge is 0.355 e. The zero-order valence-corrected chi connectivity index (χ0v) is 15.9. The molecule has 1 saturated heterocycles. The molecule has 0 spiro atoms. The maximum atomic E-state index is 12.3. The number of anilines is 1. The van der Waals surface area contributed by atoms with E-state index in [2.05, 4.69) is 20.3 Å². The summed E-state index contributed by atoms with van der Waals surface area (Å²) in [5, 5.41) is 7.44. The van der Waals surface area contributed by atoms with Crippen LogP contribution in [0.5, 0.6) is 0 Å². The highest BCUT2D eigenvalue weighted by molar-refractivity contribution is 6.33. The van der Waals surface area contributed by atoms with Crippen LogP contribution in [-0.4, -0.2) is 45.3 Å². The van der Waals surface area contributed by atoms with Crippen molar-refractivity contribution in [1.29, 1.82) is 0 Å². The molecule has 3 aromatic rings. The molecule has 4 rings (SSSR count). The predicted molar refractivity (Wildman–Crippen MR) is 105 cm³/mol. The van der Waals surface area contributed by atoms with Gasteiger partial charge in [-0.3, -0.25) is 14.5 Å². The van der Waals surface area contributed by atoms with Crippen LogP contribution in [0.4, 0.5) is 5.82 Å². The maximum absolute atomic E-state index is 12.3. The zero-order chi connectivity index (χ0) is 18.8. The van der Waals surface area contributed by atoms with Crippen molar-refractivity contribution in [1.82, 2.24) is 25.1 Å². The zero-order valence-electron chi connectivity index (χ0n) is 15.1. The monoisotopic (exact) mass is 384 g/mol. The van der Waals surface area contributed by atoms with Gasteiger partial charge in [-0.05, 0) is 30.9 Å². The van der Waals surface area contributed by atoms with Gasteiger partial charge in [0.1, 0.15) is 5.82 Å². The summed E-state index contributed by atoms with van der Waals surface area (Å²) in [5.74, 6) is 0.999. The number of aromatic nitrogens is 4. The molecule has 8 heteroatoms. The van der Waals surface area contributed by atoms with Crippen LogP contribution < -0.4 is 10.2 Å². The first kappa shape index (κ1) is 17.7.